The molecule has 0 saturated heterocycles. The minimum Gasteiger partial charge on any atom is -0.759 e. The zero-order valence-electron chi connectivity index (χ0n) is 13.3. The third kappa shape index (κ3) is 32.7. The average Bonchev–Trinajstić information content (AvgIpc) is 2.32. The minimum absolute atomic E-state index is 0.653. The normalized spacial score (nSPS) is 10.6. The van der Waals surface area contributed by atoms with Crippen molar-refractivity contribution in [2.45, 2.75) is 68.2 Å². The van der Waals surface area contributed by atoms with Gasteiger partial charge >= 0.3 is 108 Å². The van der Waals surface area contributed by atoms with E-state index in [1.54, 1.807) is 26.6 Å². The summed E-state index contributed by atoms with van der Waals surface area (Å²) in [5.74, 6) is 0. The molecule has 0 aromatic rings. The topological polar surface area (TPSA) is 80.3 Å². The van der Waals surface area contributed by atoms with Crippen LogP contribution in [0.1, 0.15) is 41.5 Å². The Morgan fingerprint density at radius 1 is 0.632 bits per heavy atom. The van der Waals surface area contributed by atoms with Gasteiger partial charge in [-0.05, 0) is 0 Å². The van der Waals surface area contributed by atoms with Crippen molar-refractivity contribution < 1.29 is 17.5 Å². The van der Waals surface area contributed by atoms with Crippen LogP contribution in [0.2, 0.25) is 26.6 Å². The summed E-state index contributed by atoms with van der Waals surface area (Å²) in [7, 11) is -5.17. The zero-order valence-corrected chi connectivity index (χ0v) is 19.8. The molecule has 0 unspecified atom stereocenters. The van der Waals surface area contributed by atoms with E-state index in [4.69, 9.17) is 17.5 Å². The first-order chi connectivity index (χ1) is 8.69. The SMILES string of the molecule is C[CH2][Sn]([CH2]C)[CH2]C.C[CH2][Sn]([CH2]C)[CH2]C.O=S(=O)([O-])[O-]. The molecule has 0 bridgehead atoms. The fourth-order valence-corrected chi connectivity index (χ4v) is 10.1. The molecular formula is C12H30O4SSn2-2. The molecule has 0 aromatic heterocycles. The van der Waals surface area contributed by atoms with Crippen LogP contribution in [0, 0.1) is 0 Å². The van der Waals surface area contributed by atoms with Crippen LogP contribution in [0.5, 0.6) is 0 Å². The molecule has 118 valence electrons. The molecule has 19 heavy (non-hydrogen) atoms. The van der Waals surface area contributed by atoms with Crippen molar-refractivity contribution in [3.63, 3.8) is 0 Å². The molecule has 0 spiro atoms. The van der Waals surface area contributed by atoms with Crippen LogP contribution in [0.4, 0.5) is 0 Å². The Bertz CT molecular complexity index is 219. The van der Waals surface area contributed by atoms with Gasteiger partial charge in [0.25, 0.3) is 0 Å². The molecule has 0 atom stereocenters. The van der Waals surface area contributed by atoms with Gasteiger partial charge in [0.1, 0.15) is 0 Å². The van der Waals surface area contributed by atoms with E-state index in [0.29, 0.717) is 0 Å². The van der Waals surface area contributed by atoms with Crippen LogP contribution in [-0.2, 0) is 10.4 Å². The quantitative estimate of drug-likeness (QED) is 0.312. The van der Waals surface area contributed by atoms with Gasteiger partial charge in [0.2, 0.25) is 0 Å². The van der Waals surface area contributed by atoms with Gasteiger partial charge in [-0.2, -0.15) is 0 Å². The van der Waals surface area contributed by atoms with E-state index in [1.165, 1.54) is 0 Å². The molecule has 0 rings (SSSR count). The summed E-state index contributed by atoms with van der Waals surface area (Å²) >= 11 is -1.31. The van der Waals surface area contributed by atoms with Gasteiger partial charge in [-0.3, -0.25) is 8.42 Å². The number of hydrogen-bond acceptors (Lipinski definition) is 4. The van der Waals surface area contributed by atoms with E-state index in [2.05, 4.69) is 41.5 Å². The van der Waals surface area contributed by atoms with E-state index >= 15 is 0 Å². The van der Waals surface area contributed by atoms with Crippen LogP contribution in [-0.4, -0.2) is 57.0 Å². The average molecular weight is 508 g/mol. The van der Waals surface area contributed by atoms with Gasteiger partial charge in [0.15, 0.2) is 0 Å². The molecule has 0 aliphatic heterocycles. The number of hydrogen-bond donors (Lipinski definition) is 0. The zero-order chi connectivity index (χ0) is 15.9. The maximum Gasteiger partial charge on any atom is 0.0311 e. The molecule has 0 N–H and O–H groups in total. The second-order valence-corrected chi connectivity index (χ2v) is 25.5. The van der Waals surface area contributed by atoms with E-state index < -0.39 is 49.9 Å². The van der Waals surface area contributed by atoms with Crippen molar-refractivity contribution in [3.05, 3.63) is 0 Å². The summed E-state index contributed by atoms with van der Waals surface area (Å²) < 4.78 is 43.4. The van der Waals surface area contributed by atoms with Gasteiger partial charge in [-0.1, -0.05) is 0 Å². The number of rotatable bonds is 6. The summed E-state index contributed by atoms with van der Waals surface area (Å²) in [4.78, 5) is 0. The molecular weight excluding hydrogens is 478 g/mol. The molecule has 0 aliphatic carbocycles. The predicted molar refractivity (Wildman–Crippen MR) is 84.9 cm³/mol. The first-order valence-corrected chi connectivity index (χ1v) is 20.5. The van der Waals surface area contributed by atoms with Crippen LogP contribution in [0.25, 0.3) is 0 Å². The summed E-state index contributed by atoms with van der Waals surface area (Å²) in [5, 5.41) is 0. The van der Waals surface area contributed by atoms with Crippen molar-refractivity contribution in [2.24, 2.45) is 0 Å². The molecule has 0 aromatic carbocycles. The van der Waals surface area contributed by atoms with E-state index in [-0.39, 0.29) is 0 Å². The summed E-state index contributed by atoms with van der Waals surface area (Å²) in [6, 6.07) is 0. The monoisotopic (exact) mass is 510 g/mol. The third-order valence-corrected chi connectivity index (χ3v) is 20.1. The van der Waals surface area contributed by atoms with Crippen LogP contribution in [0.3, 0.4) is 0 Å². The Labute approximate surface area is 134 Å². The molecule has 4 nitrogen and oxygen atoms in total. The second-order valence-electron chi connectivity index (χ2n) is 4.03. The molecule has 0 amide bonds. The van der Waals surface area contributed by atoms with Gasteiger partial charge < -0.3 is 9.11 Å². The Hall–Kier alpha value is 1.47. The molecule has 0 heterocycles. The van der Waals surface area contributed by atoms with Crippen molar-refractivity contribution in [2.75, 3.05) is 0 Å². The van der Waals surface area contributed by atoms with Gasteiger partial charge in [0, 0.05) is 10.4 Å². The van der Waals surface area contributed by atoms with Gasteiger partial charge in [-0.25, -0.2) is 0 Å². The summed E-state index contributed by atoms with van der Waals surface area (Å²) in [6.07, 6.45) is 0. The van der Waals surface area contributed by atoms with Crippen molar-refractivity contribution >= 4 is 49.9 Å². The van der Waals surface area contributed by atoms with Gasteiger partial charge in [0.05, 0.1) is 0 Å². The van der Waals surface area contributed by atoms with Crippen LogP contribution >= 0.6 is 0 Å². The van der Waals surface area contributed by atoms with Crippen LogP contribution < -0.4 is 0 Å². The van der Waals surface area contributed by atoms with Gasteiger partial charge in [-0.15, -0.1) is 0 Å². The molecule has 2 radical (unpaired) electrons. The Morgan fingerprint density at radius 2 is 0.737 bits per heavy atom. The Kier molecular flexibility index (Phi) is 23.4. The minimum atomic E-state index is -5.17. The fraction of sp³-hybridized carbons (Fsp3) is 1.00. The van der Waals surface area contributed by atoms with Crippen LogP contribution in [0.15, 0.2) is 0 Å². The van der Waals surface area contributed by atoms with Crippen molar-refractivity contribution in [1.29, 1.82) is 0 Å². The first kappa shape index (κ1) is 25.4. The largest absolute Gasteiger partial charge is 0.759 e. The van der Waals surface area contributed by atoms with Crippen molar-refractivity contribution in [1.82, 2.24) is 0 Å². The Morgan fingerprint density at radius 3 is 0.737 bits per heavy atom. The molecule has 0 fully saturated rings. The summed E-state index contributed by atoms with van der Waals surface area (Å²) in [6.45, 7) is 14.1. The van der Waals surface area contributed by atoms with Crippen molar-refractivity contribution in [3.8, 4) is 0 Å². The third-order valence-electron chi connectivity index (χ3n) is 3.00. The Balaban J connectivity index is -0.000000206. The molecule has 0 aliphatic rings. The maximum atomic E-state index is 8.52. The summed E-state index contributed by atoms with van der Waals surface area (Å²) in [5.41, 5.74) is 0. The standard InChI is InChI=1S/6C2H5.H2O4S.2Sn/c6*1-2;1-5(2,3)4;;/h6*1H2,2H3;(H2,1,2,3,4);;/p-2. The predicted octanol–water partition coefficient (Wildman–Crippen LogP) is 3.74. The smallest absolute Gasteiger partial charge is 0.0311 e. The second kappa shape index (κ2) is 17.5. The first-order valence-electron chi connectivity index (χ1n) is 7.03. The van der Waals surface area contributed by atoms with E-state index in [1.807, 2.05) is 0 Å². The molecule has 7 heteroatoms. The molecule has 0 saturated carbocycles. The maximum absolute atomic E-state index is 8.52. The van der Waals surface area contributed by atoms with E-state index in [9.17, 15) is 0 Å². The fourth-order valence-electron chi connectivity index (χ4n) is 1.50. The van der Waals surface area contributed by atoms with E-state index in [0.717, 1.165) is 0 Å².